The molecule has 4 rings (SSSR count). The number of amides is 1. The summed E-state index contributed by atoms with van der Waals surface area (Å²) >= 11 is 0. The Balaban J connectivity index is 1.48. The second kappa shape index (κ2) is 6.83. The minimum absolute atomic E-state index is 0.199. The van der Waals surface area contributed by atoms with Crippen molar-refractivity contribution < 1.29 is 9.53 Å². The van der Waals surface area contributed by atoms with Crippen molar-refractivity contribution in [3.8, 4) is 0 Å². The van der Waals surface area contributed by atoms with Crippen molar-refractivity contribution in [1.82, 2.24) is 15.2 Å². The van der Waals surface area contributed by atoms with E-state index in [4.69, 9.17) is 4.74 Å². The third-order valence-corrected chi connectivity index (χ3v) is 5.25. The average molecular weight is 368 g/mol. The van der Waals surface area contributed by atoms with E-state index in [1.807, 2.05) is 31.9 Å². The van der Waals surface area contributed by atoms with Crippen LogP contribution in [0.3, 0.4) is 0 Å². The number of ether oxygens (including phenoxy) is 1. The fourth-order valence-corrected chi connectivity index (χ4v) is 3.87. The highest BCUT2D eigenvalue weighted by Gasteiger charge is 2.28. The lowest BCUT2D eigenvalue weighted by molar-refractivity contribution is 0.0205. The summed E-state index contributed by atoms with van der Waals surface area (Å²) in [5.41, 5.74) is 3.27. The molecule has 3 heterocycles. The molecule has 6 heteroatoms. The van der Waals surface area contributed by atoms with Gasteiger partial charge in [0.15, 0.2) is 0 Å². The van der Waals surface area contributed by atoms with Crippen molar-refractivity contribution in [3.63, 3.8) is 0 Å². The average Bonchev–Trinajstić information content (AvgIpc) is 3.30. The number of nitrogens with one attached hydrogen (secondary N) is 2. The number of nitrogens with zero attached hydrogens (tertiary/aromatic N) is 2. The van der Waals surface area contributed by atoms with Crippen molar-refractivity contribution in [2.24, 2.45) is 0 Å². The molecule has 6 nitrogen and oxygen atoms in total. The minimum atomic E-state index is -0.444. The van der Waals surface area contributed by atoms with Crippen molar-refractivity contribution in [2.75, 3.05) is 24.7 Å². The van der Waals surface area contributed by atoms with E-state index in [0.717, 1.165) is 32.6 Å². The van der Waals surface area contributed by atoms with E-state index >= 15 is 0 Å². The van der Waals surface area contributed by atoms with Gasteiger partial charge in [0.2, 0.25) is 0 Å². The number of carbonyl (C=O) groups excluding carboxylic acids is 1. The van der Waals surface area contributed by atoms with Crippen LogP contribution in [0.5, 0.6) is 0 Å². The maximum Gasteiger partial charge on any atom is 0.410 e. The highest BCUT2D eigenvalue weighted by atomic mass is 16.6. The predicted octanol–water partition coefficient (Wildman–Crippen LogP) is 4.12. The molecule has 1 aromatic heterocycles. The number of carbonyl (C=O) groups is 1. The summed E-state index contributed by atoms with van der Waals surface area (Å²) in [6.07, 6.45) is 7.89. The Labute approximate surface area is 160 Å². The number of anilines is 1. The van der Waals surface area contributed by atoms with Gasteiger partial charge in [-0.05, 0) is 63.3 Å². The number of likely N-dealkylation sites (tertiary alicyclic amines) is 1. The van der Waals surface area contributed by atoms with Crippen LogP contribution < -0.4 is 10.2 Å². The number of aromatic nitrogens is 1. The maximum atomic E-state index is 12.3. The van der Waals surface area contributed by atoms with Crippen LogP contribution in [-0.4, -0.2) is 41.3 Å². The van der Waals surface area contributed by atoms with E-state index in [9.17, 15) is 4.79 Å². The molecule has 0 aliphatic carbocycles. The van der Waals surface area contributed by atoms with Crippen LogP contribution in [0.4, 0.5) is 10.5 Å². The molecule has 27 heavy (non-hydrogen) atoms. The number of aromatic amines is 1. The van der Waals surface area contributed by atoms with Gasteiger partial charge < -0.3 is 24.8 Å². The molecular formula is C21H28N4O2. The molecule has 2 aliphatic heterocycles. The van der Waals surface area contributed by atoms with Gasteiger partial charge in [-0.3, -0.25) is 0 Å². The lowest BCUT2D eigenvalue weighted by atomic mass is 9.89. The molecule has 1 saturated heterocycles. The molecule has 0 radical (unpaired) electrons. The molecule has 0 unspecified atom stereocenters. The Morgan fingerprint density at radius 1 is 1.22 bits per heavy atom. The van der Waals surface area contributed by atoms with Crippen LogP contribution in [0.2, 0.25) is 0 Å². The van der Waals surface area contributed by atoms with E-state index < -0.39 is 5.60 Å². The van der Waals surface area contributed by atoms with Gasteiger partial charge in [0, 0.05) is 48.3 Å². The molecule has 1 fully saturated rings. The predicted molar refractivity (Wildman–Crippen MR) is 108 cm³/mol. The minimum Gasteiger partial charge on any atom is -0.444 e. The molecule has 0 bridgehead atoms. The molecular weight excluding hydrogens is 340 g/mol. The van der Waals surface area contributed by atoms with Gasteiger partial charge in [0.05, 0.1) is 6.67 Å². The molecule has 1 amide bonds. The quantitative estimate of drug-likeness (QED) is 0.837. The zero-order valence-corrected chi connectivity index (χ0v) is 16.3. The van der Waals surface area contributed by atoms with E-state index in [2.05, 4.69) is 45.8 Å². The van der Waals surface area contributed by atoms with Crippen molar-refractivity contribution in [3.05, 3.63) is 42.4 Å². The highest BCUT2D eigenvalue weighted by molar-refractivity contribution is 5.87. The number of H-pyrrole nitrogens is 1. The highest BCUT2D eigenvalue weighted by Crippen LogP contribution is 2.35. The normalized spacial score (nSPS) is 18.2. The number of hydrogen-bond acceptors (Lipinski definition) is 4. The van der Waals surface area contributed by atoms with Crippen LogP contribution in [0.1, 0.15) is 45.1 Å². The third kappa shape index (κ3) is 3.75. The molecule has 0 saturated carbocycles. The smallest absolute Gasteiger partial charge is 0.410 e. The van der Waals surface area contributed by atoms with Gasteiger partial charge in [-0.2, -0.15) is 0 Å². The number of hydrogen-bond donors (Lipinski definition) is 2. The van der Waals surface area contributed by atoms with Gasteiger partial charge in [-0.25, -0.2) is 4.79 Å². The molecule has 2 aromatic rings. The summed E-state index contributed by atoms with van der Waals surface area (Å²) in [5, 5.41) is 4.49. The Morgan fingerprint density at radius 3 is 2.67 bits per heavy atom. The third-order valence-electron chi connectivity index (χ3n) is 5.25. The van der Waals surface area contributed by atoms with Crippen molar-refractivity contribution in [2.45, 2.75) is 45.1 Å². The van der Waals surface area contributed by atoms with E-state index in [1.165, 1.54) is 22.2 Å². The van der Waals surface area contributed by atoms with Crippen molar-refractivity contribution >= 4 is 22.7 Å². The summed E-state index contributed by atoms with van der Waals surface area (Å²) in [6.45, 7) is 8.01. The number of piperidine rings is 1. The summed E-state index contributed by atoms with van der Waals surface area (Å²) in [5.74, 6) is 0.458. The fourth-order valence-electron chi connectivity index (χ4n) is 3.87. The molecule has 144 valence electrons. The second-order valence-electron chi connectivity index (χ2n) is 8.36. The van der Waals surface area contributed by atoms with E-state index in [1.54, 1.807) is 0 Å². The van der Waals surface area contributed by atoms with Crippen LogP contribution in [-0.2, 0) is 4.74 Å². The molecule has 2 N–H and O–H groups in total. The maximum absolute atomic E-state index is 12.3. The molecule has 1 aromatic carbocycles. The summed E-state index contributed by atoms with van der Waals surface area (Å²) < 4.78 is 5.51. The first kappa shape index (κ1) is 17.8. The largest absolute Gasteiger partial charge is 0.444 e. The Hall–Kier alpha value is -2.63. The standard InChI is InChI=1S/C21H28N4O2/c1-21(2,3)27-20(26)24-9-6-15(7-10-24)18-13-23-19-5-4-16(12-17(18)19)25-11-8-22-14-25/h4-5,8,11-13,15,22-23H,6-7,9-10,14H2,1-3H3. The zero-order chi connectivity index (χ0) is 19.0. The number of fused-ring (bicyclic) bond motifs is 1. The lowest BCUT2D eigenvalue weighted by Gasteiger charge is -2.33. The van der Waals surface area contributed by atoms with E-state index in [-0.39, 0.29) is 6.09 Å². The SMILES string of the molecule is CC(C)(C)OC(=O)N1CCC(c2c[nH]c3ccc(N4C=CNC4)cc23)CC1. The Kier molecular flexibility index (Phi) is 4.50. The summed E-state index contributed by atoms with van der Waals surface area (Å²) in [6, 6.07) is 6.56. The monoisotopic (exact) mass is 368 g/mol. The first-order valence-electron chi connectivity index (χ1n) is 9.66. The van der Waals surface area contributed by atoms with E-state index in [0.29, 0.717) is 5.92 Å². The number of benzene rings is 1. The second-order valence-corrected chi connectivity index (χ2v) is 8.36. The first-order chi connectivity index (χ1) is 12.9. The topological polar surface area (TPSA) is 60.6 Å². The van der Waals surface area contributed by atoms with Crippen LogP contribution >= 0.6 is 0 Å². The van der Waals surface area contributed by atoms with Gasteiger partial charge in [0.25, 0.3) is 0 Å². The van der Waals surface area contributed by atoms with Crippen molar-refractivity contribution in [1.29, 1.82) is 0 Å². The Bertz CT molecular complexity index is 857. The van der Waals surface area contributed by atoms with Crippen LogP contribution in [0.25, 0.3) is 10.9 Å². The molecule has 2 aliphatic rings. The summed E-state index contributed by atoms with van der Waals surface area (Å²) in [7, 11) is 0. The fraction of sp³-hybridized carbons (Fsp3) is 0.476. The van der Waals surface area contributed by atoms with Crippen LogP contribution in [0, 0.1) is 0 Å². The molecule has 0 spiro atoms. The number of rotatable bonds is 2. The van der Waals surface area contributed by atoms with Gasteiger partial charge in [-0.15, -0.1) is 0 Å². The lowest BCUT2D eigenvalue weighted by Crippen LogP contribution is -2.41. The first-order valence-corrected chi connectivity index (χ1v) is 9.66. The molecule has 0 atom stereocenters. The van der Waals surface area contributed by atoms with Gasteiger partial charge in [0.1, 0.15) is 5.60 Å². The Morgan fingerprint density at radius 2 is 2.00 bits per heavy atom. The summed E-state index contributed by atoms with van der Waals surface area (Å²) in [4.78, 5) is 19.7. The zero-order valence-electron chi connectivity index (χ0n) is 16.3. The van der Waals surface area contributed by atoms with Gasteiger partial charge in [-0.1, -0.05) is 0 Å². The van der Waals surface area contributed by atoms with Crippen LogP contribution in [0.15, 0.2) is 36.8 Å². The van der Waals surface area contributed by atoms with Gasteiger partial charge >= 0.3 is 6.09 Å².